The second kappa shape index (κ2) is 8.95. The predicted octanol–water partition coefficient (Wildman–Crippen LogP) is 3.10. The van der Waals surface area contributed by atoms with Gasteiger partial charge in [-0.25, -0.2) is 9.97 Å². The van der Waals surface area contributed by atoms with Crippen molar-refractivity contribution in [2.24, 2.45) is 21.2 Å². The first-order valence-corrected chi connectivity index (χ1v) is 10.1. The van der Waals surface area contributed by atoms with Gasteiger partial charge in [0.1, 0.15) is 17.8 Å². The number of likely N-dealkylation sites (tertiary alicyclic amines) is 1. The minimum atomic E-state index is 0.318. The van der Waals surface area contributed by atoms with Gasteiger partial charge in [-0.3, -0.25) is 0 Å². The van der Waals surface area contributed by atoms with Crippen LogP contribution in [-0.4, -0.2) is 58.9 Å². The summed E-state index contributed by atoms with van der Waals surface area (Å²) >= 11 is 0. The molecule has 1 saturated heterocycles. The van der Waals surface area contributed by atoms with Gasteiger partial charge in [-0.1, -0.05) is 18.6 Å². The average Bonchev–Trinajstić information content (AvgIpc) is 3.14. The summed E-state index contributed by atoms with van der Waals surface area (Å²) < 4.78 is 0. The van der Waals surface area contributed by atoms with Crippen LogP contribution >= 0.6 is 0 Å². The van der Waals surface area contributed by atoms with Gasteiger partial charge in [0.05, 0.1) is 12.4 Å². The molecule has 0 aliphatic carbocycles. The highest BCUT2D eigenvalue weighted by Gasteiger charge is 2.13. The standard InChI is InChI=1S/C20H27N9/c1-22-28-27-18(21)14-6-7-15-16(12-14)26-20-17(15)19(24-13-25-20)23-8-5-11-29-9-3-2-4-10-29/h6-7,12-13H,2-5,8-11H2,1H3,(H2,21,22,27)(H2,23,24,25,26). The lowest BCUT2D eigenvalue weighted by Gasteiger charge is -2.26. The number of hydrogen-bond acceptors (Lipinski definition) is 6. The maximum Gasteiger partial charge on any atom is 0.155 e. The zero-order valence-corrected chi connectivity index (χ0v) is 16.7. The van der Waals surface area contributed by atoms with Crippen molar-refractivity contribution in [3.8, 4) is 0 Å². The third-order valence-electron chi connectivity index (χ3n) is 5.32. The molecule has 1 aliphatic rings. The topological polar surface area (TPSA) is 120 Å². The van der Waals surface area contributed by atoms with Crippen LogP contribution in [0.3, 0.4) is 0 Å². The molecule has 29 heavy (non-hydrogen) atoms. The molecule has 0 radical (unpaired) electrons. The van der Waals surface area contributed by atoms with Gasteiger partial charge in [-0.15, -0.1) is 5.10 Å². The van der Waals surface area contributed by atoms with Crippen molar-refractivity contribution >= 4 is 33.6 Å². The molecule has 2 aromatic heterocycles. The van der Waals surface area contributed by atoms with Crippen molar-refractivity contribution in [2.45, 2.75) is 25.7 Å². The van der Waals surface area contributed by atoms with Crippen molar-refractivity contribution in [3.05, 3.63) is 30.1 Å². The van der Waals surface area contributed by atoms with E-state index in [9.17, 15) is 0 Å². The molecular weight excluding hydrogens is 366 g/mol. The summed E-state index contributed by atoms with van der Waals surface area (Å²) in [5.74, 6) is 1.17. The maximum absolute atomic E-state index is 5.98. The third kappa shape index (κ3) is 4.34. The van der Waals surface area contributed by atoms with Gasteiger partial charge in [0.25, 0.3) is 0 Å². The monoisotopic (exact) mass is 393 g/mol. The number of nitrogens with one attached hydrogen (secondary N) is 2. The van der Waals surface area contributed by atoms with Gasteiger partial charge in [-0.2, -0.15) is 5.11 Å². The molecule has 0 atom stereocenters. The second-order valence-electron chi connectivity index (χ2n) is 7.29. The number of nitrogens with two attached hydrogens (primary N) is 1. The van der Waals surface area contributed by atoms with E-state index in [1.165, 1.54) is 32.4 Å². The predicted molar refractivity (Wildman–Crippen MR) is 116 cm³/mol. The summed E-state index contributed by atoms with van der Waals surface area (Å²) in [7, 11) is 1.55. The number of H-pyrrole nitrogens is 1. The molecular formula is C20H27N9. The zero-order valence-electron chi connectivity index (χ0n) is 16.7. The fourth-order valence-corrected chi connectivity index (χ4v) is 3.87. The van der Waals surface area contributed by atoms with Crippen molar-refractivity contribution in [2.75, 3.05) is 38.5 Å². The maximum atomic E-state index is 5.98. The molecule has 4 N–H and O–H groups in total. The number of fused-ring (bicyclic) bond motifs is 3. The van der Waals surface area contributed by atoms with E-state index in [1.54, 1.807) is 13.4 Å². The molecule has 1 aromatic carbocycles. The van der Waals surface area contributed by atoms with E-state index in [1.807, 2.05) is 18.2 Å². The van der Waals surface area contributed by atoms with Gasteiger partial charge in [0, 0.05) is 23.0 Å². The fraction of sp³-hybridized carbons (Fsp3) is 0.450. The largest absolute Gasteiger partial charge is 0.382 e. The Balaban J connectivity index is 1.52. The Morgan fingerprint density at radius 3 is 2.93 bits per heavy atom. The number of anilines is 1. The molecule has 1 fully saturated rings. The Hall–Kier alpha value is -3.07. The number of benzene rings is 1. The van der Waals surface area contributed by atoms with Crippen LogP contribution < -0.4 is 11.1 Å². The molecule has 152 valence electrons. The molecule has 0 saturated carbocycles. The van der Waals surface area contributed by atoms with Crippen LogP contribution in [0.1, 0.15) is 31.2 Å². The molecule has 9 nitrogen and oxygen atoms in total. The number of rotatable bonds is 7. The van der Waals surface area contributed by atoms with Crippen molar-refractivity contribution in [3.63, 3.8) is 0 Å². The van der Waals surface area contributed by atoms with Crippen LogP contribution in [-0.2, 0) is 0 Å². The molecule has 0 unspecified atom stereocenters. The van der Waals surface area contributed by atoms with Crippen LogP contribution in [0.25, 0.3) is 21.9 Å². The van der Waals surface area contributed by atoms with Gasteiger partial charge < -0.3 is 20.9 Å². The summed E-state index contributed by atoms with van der Waals surface area (Å²) in [6, 6.07) is 5.88. The van der Waals surface area contributed by atoms with E-state index >= 15 is 0 Å². The van der Waals surface area contributed by atoms with Crippen LogP contribution in [0.5, 0.6) is 0 Å². The van der Waals surface area contributed by atoms with Gasteiger partial charge in [0.15, 0.2) is 5.84 Å². The Morgan fingerprint density at radius 1 is 1.24 bits per heavy atom. The van der Waals surface area contributed by atoms with E-state index in [0.717, 1.165) is 52.8 Å². The van der Waals surface area contributed by atoms with Crippen molar-refractivity contribution in [1.82, 2.24) is 19.9 Å². The van der Waals surface area contributed by atoms with Crippen LogP contribution in [0, 0.1) is 0 Å². The third-order valence-corrected chi connectivity index (χ3v) is 5.32. The molecule has 3 heterocycles. The quantitative estimate of drug-likeness (QED) is 0.187. The lowest BCUT2D eigenvalue weighted by Crippen LogP contribution is -2.31. The first-order valence-electron chi connectivity index (χ1n) is 10.1. The minimum absolute atomic E-state index is 0.318. The van der Waals surface area contributed by atoms with Crippen molar-refractivity contribution < 1.29 is 0 Å². The molecule has 0 bridgehead atoms. The summed E-state index contributed by atoms with van der Waals surface area (Å²) in [5, 5.41) is 16.6. The van der Waals surface area contributed by atoms with Crippen LogP contribution in [0.15, 0.2) is 40.0 Å². The average molecular weight is 393 g/mol. The number of hydrogen-bond donors (Lipinski definition) is 3. The second-order valence-corrected chi connectivity index (χ2v) is 7.29. The number of aromatic amines is 1. The first kappa shape index (κ1) is 19.3. The summed E-state index contributed by atoms with van der Waals surface area (Å²) in [6.07, 6.45) is 6.71. The van der Waals surface area contributed by atoms with Gasteiger partial charge >= 0.3 is 0 Å². The molecule has 0 spiro atoms. The molecule has 3 aromatic rings. The highest BCUT2D eigenvalue weighted by Crippen LogP contribution is 2.29. The van der Waals surface area contributed by atoms with Crippen molar-refractivity contribution in [1.29, 1.82) is 0 Å². The molecule has 9 heteroatoms. The van der Waals surface area contributed by atoms with Crippen LogP contribution in [0.2, 0.25) is 0 Å². The fourth-order valence-electron chi connectivity index (χ4n) is 3.87. The molecule has 4 rings (SSSR count). The van der Waals surface area contributed by atoms with Gasteiger partial charge in [-0.05, 0) is 50.2 Å². The van der Waals surface area contributed by atoms with E-state index in [0.29, 0.717) is 5.84 Å². The lowest BCUT2D eigenvalue weighted by atomic mass is 10.1. The summed E-state index contributed by atoms with van der Waals surface area (Å²) in [4.78, 5) is 14.8. The smallest absolute Gasteiger partial charge is 0.155 e. The Kier molecular flexibility index (Phi) is 5.95. The highest BCUT2D eigenvalue weighted by molar-refractivity contribution is 6.12. The number of aromatic nitrogens is 3. The van der Waals surface area contributed by atoms with Crippen LogP contribution in [0.4, 0.5) is 5.82 Å². The Bertz CT molecular complexity index is 1030. The number of piperidine rings is 1. The SMILES string of the molecule is CN=NN=C(N)c1ccc2c(c1)[nH]c1ncnc(NCCCN3CCCCC3)c12. The van der Waals surface area contributed by atoms with E-state index < -0.39 is 0 Å². The Labute approximate surface area is 169 Å². The molecule has 1 aliphatic heterocycles. The Morgan fingerprint density at radius 2 is 2.10 bits per heavy atom. The highest BCUT2D eigenvalue weighted by atomic mass is 15.4. The summed E-state index contributed by atoms with van der Waals surface area (Å²) in [5.41, 5.74) is 8.49. The number of nitrogens with zero attached hydrogens (tertiary/aromatic N) is 6. The van der Waals surface area contributed by atoms with E-state index in [-0.39, 0.29) is 0 Å². The number of amidine groups is 1. The van der Waals surface area contributed by atoms with Gasteiger partial charge in [0.2, 0.25) is 0 Å². The van der Waals surface area contributed by atoms with E-state index in [2.05, 4.69) is 40.6 Å². The molecule has 0 amide bonds. The first-order chi connectivity index (χ1) is 14.3. The lowest BCUT2D eigenvalue weighted by molar-refractivity contribution is 0.228. The normalized spacial score (nSPS) is 16.2. The zero-order chi connectivity index (χ0) is 20.1. The van der Waals surface area contributed by atoms with E-state index in [4.69, 9.17) is 5.73 Å². The minimum Gasteiger partial charge on any atom is -0.382 e. The summed E-state index contributed by atoms with van der Waals surface area (Å²) in [6.45, 7) is 4.48.